The van der Waals surface area contributed by atoms with E-state index in [-0.39, 0.29) is 11.6 Å². The van der Waals surface area contributed by atoms with Gasteiger partial charge in [0.15, 0.2) is 0 Å². The molecule has 1 aromatic carbocycles. The van der Waals surface area contributed by atoms with Gasteiger partial charge in [-0.25, -0.2) is 0 Å². The van der Waals surface area contributed by atoms with Crippen LogP contribution in [0.5, 0.6) is 5.75 Å². The van der Waals surface area contributed by atoms with Gasteiger partial charge in [-0.2, -0.15) is 8.42 Å². The van der Waals surface area contributed by atoms with E-state index in [1.807, 2.05) is 6.92 Å². The van der Waals surface area contributed by atoms with E-state index < -0.39 is 10.0 Å². The summed E-state index contributed by atoms with van der Waals surface area (Å²) in [4.78, 5) is 0. The van der Waals surface area contributed by atoms with Crippen LogP contribution in [-0.4, -0.2) is 15.0 Å². The number of benzene rings is 1. The van der Waals surface area contributed by atoms with E-state index in [0.29, 0.717) is 23.8 Å². The van der Waals surface area contributed by atoms with Crippen LogP contribution in [0.1, 0.15) is 19.1 Å². The Hall–Kier alpha value is -1.99. The van der Waals surface area contributed by atoms with Crippen LogP contribution in [0.15, 0.2) is 45.9 Å². The molecule has 0 amide bonds. The summed E-state index contributed by atoms with van der Waals surface area (Å²) < 4.78 is 37.2. The molecule has 0 unspecified atom stereocenters. The quantitative estimate of drug-likeness (QED) is 0.818. The van der Waals surface area contributed by atoms with Gasteiger partial charge in [0.1, 0.15) is 11.5 Å². The molecule has 21 heavy (non-hydrogen) atoms. The first-order chi connectivity index (χ1) is 10.0. The summed E-state index contributed by atoms with van der Waals surface area (Å²) in [7, 11) is -3.75. The van der Waals surface area contributed by atoms with Crippen LogP contribution in [0.3, 0.4) is 0 Å². The molecule has 2 aromatic rings. The smallest absolute Gasteiger partial charge is 0.295 e. The van der Waals surface area contributed by atoms with Crippen LogP contribution in [-0.2, 0) is 16.6 Å². The second-order valence-electron chi connectivity index (χ2n) is 4.40. The highest BCUT2D eigenvalue weighted by atomic mass is 32.2. The van der Waals surface area contributed by atoms with Gasteiger partial charge >= 0.3 is 0 Å². The molecule has 0 atom stereocenters. The topological polar surface area (TPSA) is 94.6 Å². The minimum Gasteiger partial charge on any atom is -0.494 e. The van der Waals surface area contributed by atoms with Crippen molar-refractivity contribution in [3.8, 4) is 5.75 Å². The second kappa shape index (κ2) is 6.64. The molecule has 1 aromatic heterocycles. The standard InChI is InChI=1S/C14H18N2O4S/c1-2-9-19-12-5-3-11(4-6-12)16-21(17,18)14-8-7-13(10-15)20-14/h3-8,16H,2,9-10,15H2,1H3. The van der Waals surface area contributed by atoms with E-state index in [1.165, 1.54) is 12.1 Å². The van der Waals surface area contributed by atoms with Gasteiger partial charge in [0.05, 0.1) is 13.2 Å². The molecule has 0 radical (unpaired) electrons. The molecule has 0 bridgehead atoms. The number of hydrogen-bond donors (Lipinski definition) is 2. The highest BCUT2D eigenvalue weighted by Gasteiger charge is 2.18. The average Bonchev–Trinajstić information content (AvgIpc) is 2.96. The minimum absolute atomic E-state index is 0.152. The Morgan fingerprint density at radius 1 is 1.19 bits per heavy atom. The molecule has 0 saturated carbocycles. The maximum Gasteiger partial charge on any atom is 0.295 e. The molecule has 0 aliphatic heterocycles. The van der Waals surface area contributed by atoms with E-state index in [0.717, 1.165) is 6.42 Å². The zero-order valence-corrected chi connectivity index (χ0v) is 12.5. The fourth-order valence-corrected chi connectivity index (χ4v) is 2.67. The predicted octanol–water partition coefficient (Wildman–Crippen LogP) is 2.33. The monoisotopic (exact) mass is 310 g/mol. The Bertz CT molecular complexity index is 677. The third-order valence-corrected chi connectivity index (χ3v) is 3.94. The fourth-order valence-electron chi connectivity index (χ4n) is 1.66. The molecule has 6 nitrogen and oxygen atoms in total. The summed E-state index contributed by atoms with van der Waals surface area (Å²) in [6.07, 6.45) is 0.913. The van der Waals surface area contributed by atoms with Crippen LogP contribution >= 0.6 is 0 Å². The van der Waals surface area contributed by atoms with Crippen molar-refractivity contribution in [1.29, 1.82) is 0 Å². The Morgan fingerprint density at radius 2 is 1.90 bits per heavy atom. The zero-order valence-electron chi connectivity index (χ0n) is 11.7. The first-order valence-electron chi connectivity index (χ1n) is 6.59. The molecule has 3 N–H and O–H groups in total. The van der Waals surface area contributed by atoms with Gasteiger partial charge < -0.3 is 14.9 Å². The molecule has 0 saturated heterocycles. The zero-order chi connectivity index (χ0) is 15.3. The number of rotatable bonds is 7. The van der Waals surface area contributed by atoms with Crippen molar-refractivity contribution in [2.45, 2.75) is 25.0 Å². The third kappa shape index (κ3) is 3.99. The highest BCUT2D eigenvalue weighted by molar-refractivity contribution is 7.92. The van der Waals surface area contributed by atoms with Crippen LogP contribution in [0.2, 0.25) is 0 Å². The molecule has 0 aliphatic rings. The molecule has 2 rings (SSSR count). The molecule has 0 aliphatic carbocycles. The molecular weight excluding hydrogens is 292 g/mol. The van der Waals surface area contributed by atoms with E-state index in [4.69, 9.17) is 14.9 Å². The third-order valence-electron chi connectivity index (χ3n) is 2.68. The molecule has 0 fully saturated rings. The summed E-state index contributed by atoms with van der Waals surface area (Å²) in [5.41, 5.74) is 5.83. The number of ether oxygens (including phenoxy) is 1. The highest BCUT2D eigenvalue weighted by Crippen LogP contribution is 2.20. The van der Waals surface area contributed by atoms with Crippen LogP contribution in [0.4, 0.5) is 5.69 Å². The number of furan rings is 1. The first-order valence-corrected chi connectivity index (χ1v) is 8.08. The molecule has 1 heterocycles. The summed E-state index contributed by atoms with van der Waals surface area (Å²) in [5.74, 6) is 1.11. The van der Waals surface area contributed by atoms with Gasteiger partial charge in [-0.05, 0) is 42.8 Å². The Morgan fingerprint density at radius 3 is 2.48 bits per heavy atom. The SMILES string of the molecule is CCCOc1ccc(NS(=O)(=O)c2ccc(CN)o2)cc1. The number of hydrogen-bond acceptors (Lipinski definition) is 5. The lowest BCUT2D eigenvalue weighted by Crippen LogP contribution is -2.12. The molecule has 7 heteroatoms. The van der Waals surface area contributed by atoms with Gasteiger partial charge in [0.25, 0.3) is 10.0 Å². The van der Waals surface area contributed by atoms with Gasteiger partial charge in [0, 0.05) is 5.69 Å². The van der Waals surface area contributed by atoms with Crippen molar-refractivity contribution in [3.05, 3.63) is 42.2 Å². The van der Waals surface area contributed by atoms with Crippen LogP contribution < -0.4 is 15.2 Å². The van der Waals surface area contributed by atoms with Crippen LogP contribution in [0, 0.1) is 0 Å². The summed E-state index contributed by atoms with van der Waals surface area (Å²) >= 11 is 0. The van der Waals surface area contributed by atoms with Crippen molar-refractivity contribution in [3.63, 3.8) is 0 Å². The lowest BCUT2D eigenvalue weighted by Gasteiger charge is -2.08. The van der Waals surface area contributed by atoms with Crippen molar-refractivity contribution >= 4 is 15.7 Å². The molecule has 114 valence electrons. The normalized spacial score (nSPS) is 11.3. The maximum atomic E-state index is 12.1. The lowest BCUT2D eigenvalue weighted by atomic mass is 10.3. The predicted molar refractivity (Wildman–Crippen MR) is 79.6 cm³/mol. The van der Waals surface area contributed by atoms with E-state index in [2.05, 4.69) is 4.72 Å². The van der Waals surface area contributed by atoms with Crippen molar-refractivity contribution in [1.82, 2.24) is 0 Å². The van der Waals surface area contributed by atoms with Crippen molar-refractivity contribution < 1.29 is 17.6 Å². The van der Waals surface area contributed by atoms with Gasteiger partial charge in [-0.3, -0.25) is 4.72 Å². The van der Waals surface area contributed by atoms with Gasteiger partial charge in [-0.15, -0.1) is 0 Å². The maximum absolute atomic E-state index is 12.1. The Kier molecular flexibility index (Phi) is 4.87. The number of sulfonamides is 1. The Labute approximate surface area is 124 Å². The fraction of sp³-hybridized carbons (Fsp3) is 0.286. The molecular formula is C14H18N2O4S. The Balaban J connectivity index is 2.09. The summed E-state index contributed by atoms with van der Waals surface area (Å²) in [6, 6.07) is 9.60. The minimum atomic E-state index is -3.75. The van der Waals surface area contributed by atoms with Crippen LogP contribution in [0.25, 0.3) is 0 Å². The first kappa shape index (κ1) is 15.4. The van der Waals surface area contributed by atoms with E-state index in [9.17, 15) is 8.42 Å². The second-order valence-corrected chi connectivity index (χ2v) is 6.02. The number of anilines is 1. The van der Waals surface area contributed by atoms with Gasteiger partial charge in [-0.1, -0.05) is 6.92 Å². The number of nitrogens with one attached hydrogen (secondary N) is 1. The average molecular weight is 310 g/mol. The summed E-state index contributed by atoms with van der Waals surface area (Å²) in [5, 5.41) is -0.158. The van der Waals surface area contributed by atoms with Crippen molar-refractivity contribution in [2.75, 3.05) is 11.3 Å². The lowest BCUT2D eigenvalue weighted by molar-refractivity contribution is 0.317. The largest absolute Gasteiger partial charge is 0.494 e. The molecule has 0 spiro atoms. The van der Waals surface area contributed by atoms with Gasteiger partial charge in [0.2, 0.25) is 5.09 Å². The summed E-state index contributed by atoms with van der Waals surface area (Å²) in [6.45, 7) is 2.79. The van der Waals surface area contributed by atoms with E-state index in [1.54, 1.807) is 24.3 Å². The van der Waals surface area contributed by atoms with Crippen molar-refractivity contribution in [2.24, 2.45) is 5.73 Å². The van der Waals surface area contributed by atoms with E-state index >= 15 is 0 Å². The number of nitrogens with two attached hydrogens (primary N) is 1.